The molecule has 3 aliphatic rings. The lowest BCUT2D eigenvalue weighted by molar-refractivity contribution is 0.126. The van der Waals surface area contributed by atoms with Gasteiger partial charge in [0.05, 0.1) is 36.9 Å². The van der Waals surface area contributed by atoms with E-state index in [0.717, 1.165) is 13.1 Å². The summed E-state index contributed by atoms with van der Waals surface area (Å²) in [5, 5.41) is 8.03. The highest BCUT2D eigenvalue weighted by atomic mass is 32.2. The monoisotopic (exact) mass is 375 g/mol. The molecule has 1 spiro atoms. The summed E-state index contributed by atoms with van der Waals surface area (Å²) in [6.07, 6.45) is 2.32. The zero-order valence-corrected chi connectivity index (χ0v) is 14.9. The number of cyclic esters (lactones) is 1. The van der Waals surface area contributed by atoms with E-state index in [1.807, 2.05) is 11.8 Å². The van der Waals surface area contributed by atoms with Crippen LogP contribution in [0.15, 0.2) is 30.6 Å². The summed E-state index contributed by atoms with van der Waals surface area (Å²) in [7, 11) is 0. The Morgan fingerprint density at radius 2 is 2.04 bits per heavy atom. The lowest BCUT2D eigenvalue weighted by Gasteiger charge is -2.56. The van der Waals surface area contributed by atoms with Crippen molar-refractivity contribution < 1.29 is 13.9 Å². The number of amides is 1. The van der Waals surface area contributed by atoms with Gasteiger partial charge in [-0.3, -0.25) is 4.90 Å². The van der Waals surface area contributed by atoms with Gasteiger partial charge in [-0.1, -0.05) is 0 Å². The van der Waals surface area contributed by atoms with Crippen molar-refractivity contribution in [3.8, 4) is 0 Å². The molecule has 1 unspecified atom stereocenters. The quantitative estimate of drug-likeness (QED) is 0.815. The van der Waals surface area contributed by atoms with Crippen molar-refractivity contribution in [1.29, 1.82) is 0 Å². The van der Waals surface area contributed by atoms with Gasteiger partial charge in [0.2, 0.25) is 0 Å². The van der Waals surface area contributed by atoms with Gasteiger partial charge in [-0.2, -0.15) is 26.8 Å². The summed E-state index contributed by atoms with van der Waals surface area (Å²) in [4.78, 5) is 17.2. The summed E-state index contributed by atoms with van der Waals surface area (Å²) in [6, 6.07) is 4.97. The van der Waals surface area contributed by atoms with Crippen LogP contribution in [0.3, 0.4) is 0 Å². The number of aromatic nitrogens is 3. The van der Waals surface area contributed by atoms with Crippen LogP contribution in [-0.2, 0) is 11.3 Å². The predicted octanol–water partition coefficient (Wildman–Crippen LogP) is 2.00. The molecule has 0 bridgehead atoms. The van der Waals surface area contributed by atoms with Crippen LogP contribution in [0.25, 0.3) is 0 Å². The lowest BCUT2D eigenvalue weighted by atomic mass is 9.82. The number of rotatable bonds is 4. The van der Waals surface area contributed by atoms with Gasteiger partial charge < -0.3 is 9.64 Å². The molecule has 3 fully saturated rings. The Hall–Kier alpha value is -2.29. The summed E-state index contributed by atoms with van der Waals surface area (Å²) in [5.41, 5.74) is 1.53. The van der Waals surface area contributed by atoms with E-state index >= 15 is 0 Å². The van der Waals surface area contributed by atoms with E-state index in [2.05, 4.69) is 15.1 Å². The topological polar surface area (TPSA) is 63.5 Å². The number of ether oxygens (including phenoxy) is 1. The van der Waals surface area contributed by atoms with E-state index in [4.69, 9.17) is 4.74 Å². The molecule has 0 N–H and O–H groups in total. The van der Waals surface area contributed by atoms with Crippen molar-refractivity contribution in [3.63, 3.8) is 0 Å². The molecule has 9 heteroatoms. The lowest BCUT2D eigenvalue weighted by Crippen LogP contribution is -2.63. The van der Waals surface area contributed by atoms with E-state index in [9.17, 15) is 9.18 Å². The van der Waals surface area contributed by atoms with Crippen molar-refractivity contribution in [1.82, 2.24) is 15.0 Å². The Morgan fingerprint density at radius 1 is 1.27 bits per heavy atom. The number of halogens is 1. The fourth-order valence-corrected chi connectivity index (χ4v) is 4.92. The molecule has 4 heterocycles. The highest BCUT2D eigenvalue weighted by Crippen LogP contribution is 2.47. The molecule has 0 aliphatic carbocycles. The average Bonchev–Trinajstić information content (AvgIpc) is 3.16. The van der Waals surface area contributed by atoms with E-state index in [1.54, 1.807) is 24.5 Å². The van der Waals surface area contributed by atoms with Gasteiger partial charge in [0.15, 0.2) is 0 Å². The molecule has 3 aliphatic heterocycles. The first kappa shape index (κ1) is 15.9. The number of nitrogens with zero attached hydrogens (tertiary/aromatic N) is 5. The summed E-state index contributed by atoms with van der Waals surface area (Å²) in [5.74, 6) is 2.05. The second-order valence-corrected chi connectivity index (χ2v) is 8.17. The summed E-state index contributed by atoms with van der Waals surface area (Å²) in [6.45, 7) is 2.56. The number of thioether (sulfide) groups is 1. The summed E-state index contributed by atoms with van der Waals surface area (Å²) < 4.78 is 20.0. The minimum atomic E-state index is -0.469. The number of carbonyl (C=O) groups excluding carboxylic acids is 1. The average molecular weight is 375 g/mol. The maximum atomic E-state index is 14.6. The standard InChI is InChI=1S/C17H18FN5O2S/c18-14-5-12(1-2-15(14)21-8-17(9-21)10-26-11-17)22-6-13(25-16(22)24)7-23-19-3-4-20-23/h1-5,13H,6-11H2. The Kier molecular flexibility index (Phi) is 3.59. The molecular weight excluding hydrogens is 357 g/mol. The van der Waals surface area contributed by atoms with Crippen LogP contribution < -0.4 is 9.80 Å². The van der Waals surface area contributed by atoms with Gasteiger partial charge in [-0.15, -0.1) is 0 Å². The van der Waals surface area contributed by atoms with Crippen LogP contribution in [-0.4, -0.2) is 58.3 Å². The van der Waals surface area contributed by atoms with Crippen molar-refractivity contribution in [3.05, 3.63) is 36.4 Å². The van der Waals surface area contributed by atoms with Crippen LogP contribution in [0.1, 0.15) is 0 Å². The van der Waals surface area contributed by atoms with Gasteiger partial charge in [0, 0.05) is 30.0 Å². The molecule has 5 rings (SSSR count). The molecule has 26 heavy (non-hydrogen) atoms. The highest BCUT2D eigenvalue weighted by Gasteiger charge is 2.48. The molecule has 136 valence electrons. The van der Waals surface area contributed by atoms with Crippen molar-refractivity contribution in [2.24, 2.45) is 5.41 Å². The van der Waals surface area contributed by atoms with Gasteiger partial charge in [-0.25, -0.2) is 9.18 Å². The third-order valence-corrected chi connectivity index (χ3v) is 6.79. The first-order chi connectivity index (χ1) is 12.6. The normalized spacial score (nSPS) is 23.7. The van der Waals surface area contributed by atoms with Crippen molar-refractivity contribution >= 4 is 29.2 Å². The Morgan fingerprint density at radius 3 is 2.69 bits per heavy atom. The minimum absolute atomic E-state index is 0.297. The highest BCUT2D eigenvalue weighted by molar-refractivity contribution is 8.00. The van der Waals surface area contributed by atoms with Crippen LogP contribution >= 0.6 is 11.8 Å². The Bertz CT molecular complexity index is 834. The molecule has 7 nitrogen and oxygen atoms in total. The fraction of sp³-hybridized carbons (Fsp3) is 0.471. The summed E-state index contributed by atoms with van der Waals surface area (Å²) >= 11 is 1.95. The molecule has 0 saturated carbocycles. The number of hydrogen-bond acceptors (Lipinski definition) is 6. The second-order valence-electron chi connectivity index (χ2n) is 7.18. The minimum Gasteiger partial charge on any atom is -0.442 e. The number of carbonyl (C=O) groups is 1. The number of anilines is 2. The molecule has 3 saturated heterocycles. The van der Waals surface area contributed by atoms with Crippen molar-refractivity contribution in [2.45, 2.75) is 12.6 Å². The molecule has 1 amide bonds. The Labute approximate surface area is 154 Å². The zero-order valence-electron chi connectivity index (χ0n) is 14.0. The fourth-order valence-electron chi connectivity index (χ4n) is 3.77. The third-order valence-electron chi connectivity index (χ3n) is 5.16. The first-order valence-electron chi connectivity index (χ1n) is 8.56. The van der Waals surface area contributed by atoms with E-state index in [-0.39, 0.29) is 11.9 Å². The van der Waals surface area contributed by atoms with E-state index in [0.29, 0.717) is 29.9 Å². The van der Waals surface area contributed by atoms with Crippen LogP contribution in [0.5, 0.6) is 0 Å². The molecule has 2 aromatic rings. The molecule has 1 atom stereocenters. The van der Waals surface area contributed by atoms with Crippen molar-refractivity contribution in [2.75, 3.05) is 40.9 Å². The van der Waals surface area contributed by atoms with Gasteiger partial charge >= 0.3 is 6.09 Å². The molecule has 0 radical (unpaired) electrons. The van der Waals surface area contributed by atoms with Crippen LogP contribution in [0.4, 0.5) is 20.6 Å². The second kappa shape index (κ2) is 5.87. The maximum absolute atomic E-state index is 14.6. The number of hydrogen-bond donors (Lipinski definition) is 0. The number of benzene rings is 1. The predicted molar refractivity (Wildman–Crippen MR) is 96.0 cm³/mol. The zero-order chi connectivity index (χ0) is 17.7. The van der Waals surface area contributed by atoms with E-state index < -0.39 is 6.09 Å². The van der Waals surface area contributed by atoms with Gasteiger partial charge in [-0.05, 0) is 18.2 Å². The largest absolute Gasteiger partial charge is 0.442 e. The Balaban J connectivity index is 1.28. The van der Waals surface area contributed by atoms with E-state index in [1.165, 1.54) is 27.3 Å². The first-order valence-corrected chi connectivity index (χ1v) is 9.72. The molecule has 1 aromatic carbocycles. The third kappa shape index (κ3) is 2.61. The van der Waals surface area contributed by atoms with Gasteiger partial charge in [0.1, 0.15) is 11.9 Å². The molecular formula is C17H18FN5O2S. The van der Waals surface area contributed by atoms with Crippen LogP contribution in [0.2, 0.25) is 0 Å². The van der Waals surface area contributed by atoms with Gasteiger partial charge in [0.25, 0.3) is 0 Å². The van der Waals surface area contributed by atoms with Crippen LogP contribution in [0, 0.1) is 11.2 Å². The molecule has 1 aromatic heterocycles. The maximum Gasteiger partial charge on any atom is 0.414 e. The SMILES string of the molecule is O=C1OC(Cn2nccn2)CN1c1ccc(N2CC3(CSC3)C2)c(F)c1. The smallest absolute Gasteiger partial charge is 0.414 e.